The monoisotopic (exact) mass is 1470 g/mol. The predicted molar refractivity (Wildman–Crippen MR) is 392 cm³/mol. The third-order valence-electron chi connectivity index (χ3n) is 16.3. The van der Waals surface area contributed by atoms with Crippen LogP contribution in [0.15, 0.2) is 158 Å². The number of aromatic nitrogens is 5. The van der Waals surface area contributed by atoms with Crippen LogP contribution in [0.3, 0.4) is 0 Å². The van der Waals surface area contributed by atoms with Crippen LogP contribution in [-0.4, -0.2) is 280 Å². The van der Waals surface area contributed by atoms with Gasteiger partial charge in [0, 0.05) is 168 Å². The maximum absolute atomic E-state index is 12.6. The number of piperazine rings is 5. The number of hydrogen-bond acceptors (Lipinski definition) is 23. The quantitative estimate of drug-likeness (QED) is 0.0455. The fourth-order valence-electron chi connectivity index (χ4n) is 10.7. The minimum Gasteiger partial charge on any atom is -0.505 e. The Morgan fingerprint density at radius 3 is 0.944 bits per heavy atom. The molecular formula is C74H91N17O16. The van der Waals surface area contributed by atoms with Crippen molar-refractivity contribution >= 4 is 65.0 Å². The van der Waals surface area contributed by atoms with E-state index in [4.69, 9.17) is 20.3 Å². The molecule has 5 aliphatic rings. The number of nitrogens with zero attached hydrogens (tertiary/aromatic N) is 14. The Balaban J connectivity index is 0.000000184. The molecule has 12 rings (SSSR count). The summed E-state index contributed by atoms with van der Waals surface area (Å²) in [5, 5.41) is 45.5. The number of para-hydroxylation sites is 2. The first-order valence-electron chi connectivity index (χ1n) is 34.6. The number of nitrogens with two attached hydrogens (primary N) is 1. The Morgan fingerprint density at radius 1 is 0.383 bits per heavy atom. The predicted octanol–water partition coefficient (Wildman–Crippen LogP) is 5.77. The molecule has 5 aromatic heterocycles. The fourth-order valence-corrected chi connectivity index (χ4v) is 10.7. The molecule has 0 bridgehead atoms. The largest absolute Gasteiger partial charge is 0.505 e. The van der Waals surface area contributed by atoms with Gasteiger partial charge in [-0.25, -0.2) is 19.4 Å². The number of benzene rings is 2. The highest BCUT2D eigenvalue weighted by atomic mass is 16.6. The molecule has 33 heteroatoms. The second-order valence-corrected chi connectivity index (χ2v) is 26.2. The van der Waals surface area contributed by atoms with E-state index in [9.17, 15) is 63.5 Å². The van der Waals surface area contributed by atoms with E-state index in [1.54, 1.807) is 133 Å². The van der Waals surface area contributed by atoms with Gasteiger partial charge < -0.3 is 80.4 Å². The average molecular weight is 1470 g/mol. The van der Waals surface area contributed by atoms with Gasteiger partial charge in [-0.15, -0.1) is 0 Å². The van der Waals surface area contributed by atoms with E-state index in [0.717, 1.165) is 58.4 Å². The minimum absolute atomic E-state index is 0.0344. The summed E-state index contributed by atoms with van der Waals surface area (Å²) >= 11 is 0. The smallest absolute Gasteiger partial charge is 0.410 e. The van der Waals surface area contributed by atoms with Gasteiger partial charge in [0.25, 0.3) is 35.4 Å². The van der Waals surface area contributed by atoms with Crippen molar-refractivity contribution in [1.29, 1.82) is 0 Å². The van der Waals surface area contributed by atoms with Crippen LogP contribution in [0.2, 0.25) is 0 Å². The van der Waals surface area contributed by atoms with Gasteiger partial charge in [0.05, 0.1) is 21.7 Å². The summed E-state index contributed by atoms with van der Waals surface area (Å²) < 4.78 is 10.6. The lowest BCUT2D eigenvalue weighted by Gasteiger charge is -2.35. The zero-order valence-corrected chi connectivity index (χ0v) is 60.6. The summed E-state index contributed by atoms with van der Waals surface area (Å²) in [4.78, 5) is 151. The van der Waals surface area contributed by atoms with Crippen LogP contribution in [0, 0.1) is 10.1 Å². The molecule has 5 aliphatic heterocycles. The number of ether oxygens (including phenoxy) is 2. The summed E-state index contributed by atoms with van der Waals surface area (Å²) in [5.41, 5.74) is 6.24. The first-order chi connectivity index (χ1) is 51.1. The molecule has 5 fully saturated rings. The van der Waals surface area contributed by atoms with Crippen LogP contribution < -0.4 is 16.4 Å². The second-order valence-electron chi connectivity index (χ2n) is 26.2. The molecule has 0 unspecified atom stereocenters. The second kappa shape index (κ2) is 40.1. The van der Waals surface area contributed by atoms with Crippen LogP contribution in [0.4, 0.5) is 21.0 Å². The molecule has 568 valence electrons. The first-order valence-corrected chi connectivity index (χ1v) is 34.6. The van der Waals surface area contributed by atoms with Crippen molar-refractivity contribution < 1.29 is 72.9 Å². The lowest BCUT2D eigenvalue weighted by molar-refractivity contribution is -0.385. The molecule has 0 aliphatic carbocycles. The number of aromatic carboxylic acids is 1. The van der Waals surface area contributed by atoms with Gasteiger partial charge in [0.15, 0.2) is 5.75 Å². The average Bonchev–Trinajstić information content (AvgIpc) is 0.818. The molecule has 7 N–H and O–H groups in total. The fraction of sp³-hybridized carbons (Fsp3) is 0.378. The number of phenols is 2. The molecule has 7 aromatic rings. The standard InChI is InChI=1S/C17H16N4O5.C17H18N4O3.C15H21N3O3.C10H13N3O.C9H18N2O2.C6H5NO2/c22-15-12(4-3-6-14(15)21(25)26)16(23)19-8-10-20(11-9-19)17(24)13-5-1-2-7-18-13;18-13-5-3-4-12(15(13)22)16(23)20-8-10-21(11-9-20)17(24)14-6-1-2-7-19-14;1-15(2,3)21-14(20)18-10-8-17(9-11-18)13(19)12-6-4-5-7-16-12;14-10(9-3-1-2-4-12-9)13-7-5-11-6-8-13;1-9(2,3)13-8(12)11-6-4-10-5-7-11;8-6(9)5-3-1-2-4-7-5/h1-7,22H,8-11H2;1-7,22H,8-11,18H2;4-7H,8-11H2,1-3H3;1-4,11H,5-8H2;10H,4-7H2,1-3H3;1-4H,(H,8,9). The molecule has 8 amide bonds. The molecule has 2 aromatic carbocycles. The number of phenolic OH excluding ortho intramolecular Hbond substituents is 2. The Hall–Kier alpha value is -12.3. The zero-order valence-electron chi connectivity index (χ0n) is 60.6. The molecule has 0 spiro atoms. The van der Waals surface area contributed by atoms with E-state index in [2.05, 4.69) is 35.6 Å². The minimum atomic E-state index is -0.990. The number of carbonyl (C=O) groups excluding carboxylic acids is 8. The summed E-state index contributed by atoms with van der Waals surface area (Å²) in [6, 6.07) is 34.2. The van der Waals surface area contributed by atoms with Gasteiger partial charge >= 0.3 is 23.8 Å². The Labute approximate surface area is 619 Å². The lowest BCUT2D eigenvalue weighted by atomic mass is 10.1. The summed E-state index contributed by atoms with van der Waals surface area (Å²) in [6.07, 6.45) is 7.29. The number of carboxylic acids is 1. The van der Waals surface area contributed by atoms with E-state index in [1.165, 1.54) is 41.6 Å². The number of carboxylic acid groups (broad SMARTS) is 1. The van der Waals surface area contributed by atoms with Crippen molar-refractivity contribution in [1.82, 2.24) is 74.8 Å². The van der Waals surface area contributed by atoms with Crippen LogP contribution in [0.25, 0.3) is 0 Å². The van der Waals surface area contributed by atoms with Crippen LogP contribution >= 0.6 is 0 Å². The number of anilines is 1. The molecule has 10 heterocycles. The number of rotatable bonds is 8. The van der Waals surface area contributed by atoms with Crippen molar-refractivity contribution in [2.45, 2.75) is 52.7 Å². The molecule has 107 heavy (non-hydrogen) atoms. The van der Waals surface area contributed by atoms with Gasteiger partial charge in [-0.2, -0.15) is 0 Å². The highest BCUT2D eigenvalue weighted by molar-refractivity contribution is 6.00. The van der Waals surface area contributed by atoms with E-state index in [1.807, 2.05) is 58.6 Å². The van der Waals surface area contributed by atoms with Crippen molar-refractivity contribution in [2.75, 3.05) is 137 Å². The normalized spacial score (nSPS) is 15.0. The number of pyridine rings is 5. The van der Waals surface area contributed by atoms with E-state index in [-0.39, 0.29) is 88.7 Å². The highest BCUT2D eigenvalue weighted by Gasteiger charge is 2.33. The number of nitrogen functional groups attached to an aromatic ring is 1. The number of aromatic hydroxyl groups is 2. The number of nitrogens with one attached hydrogen (secondary N) is 2. The topological polar surface area (TPSA) is 416 Å². The van der Waals surface area contributed by atoms with Crippen LogP contribution in [0.5, 0.6) is 11.5 Å². The van der Waals surface area contributed by atoms with Crippen LogP contribution in [0.1, 0.15) is 115 Å². The van der Waals surface area contributed by atoms with Crippen molar-refractivity contribution in [2.24, 2.45) is 0 Å². The molecule has 33 nitrogen and oxygen atoms in total. The van der Waals surface area contributed by atoms with Gasteiger partial charge in [-0.05, 0) is 120 Å². The molecule has 0 saturated carbocycles. The maximum Gasteiger partial charge on any atom is 0.410 e. The summed E-state index contributed by atoms with van der Waals surface area (Å²) in [7, 11) is 0. The van der Waals surface area contributed by atoms with Gasteiger partial charge in [-0.1, -0.05) is 42.5 Å². The molecular weight excluding hydrogens is 1380 g/mol. The van der Waals surface area contributed by atoms with E-state index in [0.29, 0.717) is 88.2 Å². The number of carbonyl (C=O) groups is 9. The van der Waals surface area contributed by atoms with Crippen molar-refractivity contribution in [3.05, 3.63) is 208 Å². The number of amides is 8. The molecule has 0 atom stereocenters. The van der Waals surface area contributed by atoms with Gasteiger partial charge in [0.2, 0.25) is 5.75 Å². The maximum atomic E-state index is 12.6. The van der Waals surface area contributed by atoms with Crippen molar-refractivity contribution in [3.8, 4) is 11.5 Å². The van der Waals surface area contributed by atoms with Gasteiger partial charge in [-0.3, -0.25) is 58.8 Å². The highest BCUT2D eigenvalue weighted by Crippen LogP contribution is 2.31. The van der Waals surface area contributed by atoms with Crippen LogP contribution in [-0.2, 0) is 9.47 Å². The first kappa shape index (κ1) is 82.0. The summed E-state index contributed by atoms with van der Waals surface area (Å²) in [5.74, 6) is -3.04. The molecule has 5 saturated heterocycles. The van der Waals surface area contributed by atoms with Crippen molar-refractivity contribution in [3.63, 3.8) is 0 Å². The Kier molecular flexibility index (Phi) is 30.8. The van der Waals surface area contributed by atoms with E-state index >= 15 is 0 Å². The molecule has 0 radical (unpaired) electrons. The number of nitro groups is 1. The summed E-state index contributed by atoms with van der Waals surface area (Å²) in [6.45, 7) is 22.4. The number of nitro benzene ring substituents is 1. The third-order valence-corrected chi connectivity index (χ3v) is 16.3. The Morgan fingerprint density at radius 2 is 0.654 bits per heavy atom. The third kappa shape index (κ3) is 25.5. The lowest BCUT2D eigenvalue weighted by Crippen LogP contribution is -2.51. The number of hydrogen-bond donors (Lipinski definition) is 6. The van der Waals surface area contributed by atoms with E-state index < -0.39 is 33.8 Å². The SMILES string of the molecule is CC(C)(C)OC(=O)N1CCN(C(=O)c2ccccn2)CC1.CC(C)(C)OC(=O)N1CCNCC1.Nc1cccc(C(=O)N2CCN(C(=O)c3ccccn3)CC2)c1O.O=C(O)c1ccccn1.O=C(c1ccccn1)N1CCN(C(=O)c2cccc([N+](=O)[O-])c2O)CC1.O=C(c1ccccn1)N1CCNCC1. The Bertz CT molecular complexity index is 4090. The van der Waals surface area contributed by atoms with Gasteiger partial charge in [0.1, 0.15) is 39.7 Å². The zero-order chi connectivity index (χ0) is 77.6.